The van der Waals surface area contributed by atoms with E-state index in [0.29, 0.717) is 19.5 Å². The Morgan fingerprint density at radius 2 is 2.05 bits per heavy atom. The van der Waals surface area contributed by atoms with E-state index in [1.165, 1.54) is 11.1 Å². The normalized spacial score (nSPS) is 24.7. The lowest BCUT2D eigenvalue weighted by Crippen LogP contribution is -2.51. The van der Waals surface area contributed by atoms with Gasteiger partial charge in [0.2, 0.25) is 5.91 Å². The van der Waals surface area contributed by atoms with Crippen molar-refractivity contribution in [1.82, 2.24) is 10.2 Å². The fourth-order valence-electron chi connectivity index (χ4n) is 3.37. The summed E-state index contributed by atoms with van der Waals surface area (Å²) in [5, 5.41) is 12.2. The quantitative estimate of drug-likeness (QED) is 0.876. The highest BCUT2D eigenvalue weighted by molar-refractivity contribution is 5.83. The first-order chi connectivity index (χ1) is 10.1. The molecule has 5 heteroatoms. The second-order valence-electron chi connectivity index (χ2n) is 5.83. The largest absolute Gasteiger partial charge is 0.481 e. The highest BCUT2D eigenvalue weighted by Gasteiger charge is 2.35. The van der Waals surface area contributed by atoms with E-state index < -0.39 is 5.97 Å². The van der Waals surface area contributed by atoms with E-state index in [-0.39, 0.29) is 24.4 Å². The van der Waals surface area contributed by atoms with E-state index in [2.05, 4.69) is 17.4 Å². The Kier molecular flexibility index (Phi) is 3.92. The lowest BCUT2D eigenvalue weighted by atomic mass is 9.95. The molecule has 0 aromatic heterocycles. The number of hydrogen-bond donors (Lipinski definition) is 2. The van der Waals surface area contributed by atoms with Crippen LogP contribution in [0.1, 0.15) is 30.4 Å². The van der Waals surface area contributed by atoms with E-state index in [4.69, 9.17) is 5.11 Å². The molecule has 1 aromatic carbocycles. The predicted octanol–water partition coefficient (Wildman–Crippen LogP) is 1.17. The van der Waals surface area contributed by atoms with Gasteiger partial charge in [0, 0.05) is 19.1 Å². The van der Waals surface area contributed by atoms with Gasteiger partial charge in [-0.05, 0) is 30.4 Å². The average Bonchev–Trinajstić information content (AvgIpc) is 2.93. The topological polar surface area (TPSA) is 69.6 Å². The fourth-order valence-corrected chi connectivity index (χ4v) is 3.37. The molecule has 2 unspecified atom stereocenters. The van der Waals surface area contributed by atoms with Gasteiger partial charge in [-0.1, -0.05) is 24.3 Å². The highest BCUT2D eigenvalue weighted by atomic mass is 16.4. The molecule has 2 aliphatic heterocycles. The van der Waals surface area contributed by atoms with Crippen LogP contribution >= 0.6 is 0 Å². The number of aliphatic carboxylic acids is 1. The number of carboxylic acid groups (broad SMARTS) is 1. The van der Waals surface area contributed by atoms with Gasteiger partial charge in [0.05, 0.1) is 12.5 Å². The number of hydrogen-bond acceptors (Lipinski definition) is 3. The number of carboxylic acids is 1. The van der Waals surface area contributed by atoms with Crippen molar-refractivity contribution in [1.29, 1.82) is 0 Å². The molecular weight excluding hydrogens is 268 g/mol. The Balaban J connectivity index is 1.70. The molecule has 2 N–H and O–H groups in total. The molecule has 1 amide bonds. The number of carbonyl (C=O) groups is 2. The molecule has 1 saturated heterocycles. The minimum Gasteiger partial charge on any atom is -0.481 e. The minimum absolute atomic E-state index is 0.0493. The minimum atomic E-state index is -0.832. The Labute approximate surface area is 123 Å². The van der Waals surface area contributed by atoms with E-state index in [1.54, 1.807) is 4.90 Å². The zero-order chi connectivity index (χ0) is 14.8. The molecule has 2 aliphatic rings. The average molecular weight is 288 g/mol. The number of benzene rings is 1. The van der Waals surface area contributed by atoms with Crippen LogP contribution in [0.25, 0.3) is 0 Å². The summed E-state index contributed by atoms with van der Waals surface area (Å²) < 4.78 is 0. The third-order valence-electron chi connectivity index (χ3n) is 4.45. The number of amides is 1. The number of nitrogens with one attached hydrogen (secondary N) is 1. The van der Waals surface area contributed by atoms with Gasteiger partial charge in [0.15, 0.2) is 0 Å². The molecule has 5 nitrogen and oxygen atoms in total. The molecule has 0 saturated carbocycles. The lowest BCUT2D eigenvalue weighted by Gasteiger charge is -2.31. The SMILES string of the molecule is O=C(O)CC1CCCN1C(=O)C1Cc2ccccc2CN1. The molecule has 3 rings (SSSR count). The van der Waals surface area contributed by atoms with Crippen LogP contribution in [0.2, 0.25) is 0 Å². The van der Waals surface area contributed by atoms with Crippen LogP contribution in [-0.2, 0) is 22.6 Å². The first kappa shape index (κ1) is 14.1. The molecule has 21 heavy (non-hydrogen) atoms. The smallest absolute Gasteiger partial charge is 0.305 e. The Morgan fingerprint density at radius 1 is 1.29 bits per heavy atom. The molecular formula is C16H20N2O3. The molecule has 1 aromatic rings. The summed E-state index contributed by atoms with van der Waals surface area (Å²) in [7, 11) is 0. The predicted molar refractivity (Wildman–Crippen MR) is 77.8 cm³/mol. The van der Waals surface area contributed by atoms with Gasteiger partial charge in [0.25, 0.3) is 0 Å². The number of likely N-dealkylation sites (tertiary alicyclic amines) is 1. The van der Waals surface area contributed by atoms with Crippen molar-refractivity contribution in [3.05, 3.63) is 35.4 Å². The maximum Gasteiger partial charge on any atom is 0.305 e. The van der Waals surface area contributed by atoms with Gasteiger partial charge in [0.1, 0.15) is 0 Å². The first-order valence-corrected chi connectivity index (χ1v) is 7.47. The third kappa shape index (κ3) is 2.93. The molecule has 112 valence electrons. The Morgan fingerprint density at radius 3 is 2.81 bits per heavy atom. The third-order valence-corrected chi connectivity index (χ3v) is 4.45. The van der Waals surface area contributed by atoms with Gasteiger partial charge >= 0.3 is 5.97 Å². The van der Waals surface area contributed by atoms with E-state index in [9.17, 15) is 9.59 Å². The van der Waals surface area contributed by atoms with Crippen LogP contribution in [0.5, 0.6) is 0 Å². The number of fused-ring (bicyclic) bond motifs is 1. The van der Waals surface area contributed by atoms with Gasteiger partial charge in [-0.15, -0.1) is 0 Å². The highest BCUT2D eigenvalue weighted by Crippen LogP contribution is 2.24. The van der Waals surface area contributed by atoms with Crippen LogP contribution in [0, 0.1) is 0 Å². The van der Waals surface area contributed by atoms with Crippen molar-refractivity contribution >= 4 is 11.9 Å². The van der Waals surface area contributed by atoms with Crippen molar-refractivity contribution in [2.45, 2.75) is 44.3 Å². The van der Waals surface area contributed by atoms with Gasteiger partial charge in [-0.2, -0.15) is 0 Å². The summed E-state index contributed by atoms with van der Waals surface area (Å²) in [5.74, 6) is -0.782. The molecule has 0 radical (unpaired) electrons. The number of nitrogens with zero attached hydrogens (tertiary/aromatic N) is 1. The van der Waals surface area contributed by atoms with Crippen LogP contribution in [0.4, 0.5) is 0 Å². The summed E-state index contributed by atoms with van der Waals surface area (Å²) >= 11 is 0. The second-order valence-corrected chi connectivity index (χ2v) is 5.83. The Hall–Kier alpha value is -1.88. The summed E-state index contributed by atoms with van der Waals surface area (Å²) in [6.07, 6.45) is 2.43. The lowest BCUT2D eigenvalue weighted by molar-refractivity contribution is -0.140. The summed E-state index contributed by atoms with van der Waals surface area (Å²) in [6, 6.07) is 7.77. The van der Waals surface area contributed by atoms with Crippen molar-refractivity contribution in [2.24, 2.45) is 0 Å². The van der Waals surface area contributed by atoms with Crippen molar-refractivity contribution < 1.29 is 14.7 Å². The molecule has 2 atom stereocenters. The van der Waals surface area contributed by atoms with Gasteiger partial charge < -0.3 is 15.3 Å². The molecule has 1 fully saturated rings. The zero-order valence-electron chi connectivity index (χ0n) is 11.9. The van der Waals surface area contributed by atoms with Crippen molar-refractivity contribution in [3.63, 3.8) is 0 Å². The van der Waals surface area contributed by atoms with Crippen LogP contribution in [0.15, 0.2) is 24.3 Å². The van der Waals surface area contributed by atoms with E-state index in [0.717, 1.165) is 12.8 Å². The number of rotatable bonds is 3. The van der Waals surface area contributed by atoms with Crippen molar-refractivity contribution in [3.8, 4) is 0 Å². The summed E-state index contributed by atoms with van der Waals surface area (Å²) in [5.41, 5.74) is 2.45. The van der Waals surface area contributed by atoms with E-state index in [1.807, 2.05) is 12.1 Å². The van der Waals surface area contributed by atoms with Crippen LogP contribution in [-0.4, -0.2) is 40.5 Å². The second kappa shape index (κ2) is 5.85. The first-order valence-electron chi connectivity index (χ1n) is 7.47. The maximum absolute atomic E-state index is 12.7. The van der Waals surface area contributed by atoms with Crippen LogP contribution < -0.4 is 5.32 Å². The molecule has 0 aliphatic carbocycles. The summed E-state index contributed by atoms with van der Waals surface area (Å²) in [6.45, 7) is 1.38. The number of carbonyl (C=O) groups excluding carboxylic acids is 1. The molecule has 0 bridgehead atoms. The van der Waals surface area contributed by atoms with E-state index >= 15 is 0 Å². The fraction of sp³-hybridized carbons (Fsp3) is 0.500. The standard InChI is InChI=1S/C16H20N2O3/c19-15(20)9-13-6-3-7-18(13)16(21)14-8-11-4-1-2-5-12(11)10-17-14/h1-2,4-5,13-14,17H,3,6-10H2,(H,19,20). The van der Waals surface area contributed by atoms with Crippen LogP contribution in [0.3, 0.4) is 0 Å². The van der Waals surface area contributed by atoms with Gasteiger partial charge in [-0.3, -0.25) is 9.59 Å². The summed E-state index contributed by atoms with van der Waals surface area (Å²) in [4.78, 5) is 25.3. The monoisotopic (exact) mass is 288 g/mol. The van der Waals surface area contributed by atoms with Crippen molar-refractivity contribution in [2.75, 3.05) is 6.54 Å². The Bertz CT molecular complexity index is 558. The zero-order valence-corrected chi connectivity index (χ0v) is 11.9. The molecule has 2 heterocycles. The van der Waals surface area contributed by atoms with Gasteiger partial charge in [-0.25, -0.2) is 0 Å². The molecule has 0 spiro atoms. The maximum atomic E-state index is 12.7.